The Hall–Kier alpha value is -2.02. The number of ketones is 1. The molecule has 0 amide bonds. The first-order chi connectivity index (χ1) is 8.16. The fourth-order valence-corrected chi connectivity index (χ4v) is 1.77. The number of benzene rings is 1. The van der Waals surface area contributed by atoms with E-state index in [-0.39, 0.29) is 5.78 Å². The van der Waals surface area contributed by atoms with Crippen LogP contribution in [-0.4, -0.2) is 20.0 Å². The average Bonchev–Trinajstić information content (AvgIpc) is 3.18. The molecule has 4 heteroatoms. The van der Waals surface area contributed by atoms with Crippen LogP contribution in [0.15, 0.2) is 18.2 Å². The summed E-state index contributed by atoms with van der Waals surface area (Å²) in [7, 11) is 3.06. The minimum atomic E-state index is -0.792. The van der Waals surface area contributed by atoms with Crippen LogP contribution in [0.3, 0.4) is 0 Å². The SMILES string of the molecule is COc1ccc(C(=O)C2(C#N)CC2)cc1OC. The summed E-state index contributed by atoms with van der Waals surface area (Å²) in [6.07, 6.45) is 1.30. The van der Waals surface area contributed by atoms with Crippen molar-refractivity contribution in [1.29, 1.82) is 5.26 Å². The molecular weight excluding hydrogens is 218 g/mol. The predicted octanol–water partition coefficient (Wildman–Crippen LogP) is 2.19. The molecule has 0 spiro atoms. The van der Waals surface area contributed by atoms with Crippen molar-refractivity contribution in [3.8, 4) is 17.6 Å². The maximum atomic E-state index is 12.1. The van der Waals surface area contributed by atoms with Crippen molar-refractivity contribution in [3.63, 3.8) is 0 Å². The Morgan fingerprint density at radius 2 is 1.94 bits per heavy atom. The molecule has 0 radical (unpaired) electrons. The van der Waals surface area contributed by atoms with Gasteiger partial charge in [0.2, 0.25) is 0 Å². The van der Waals surface area contributed by atoms with E-state index < -0.39 is 5.41 Å². The maximum Gasteiger partial charge on any atom is 0.183 e. The van der Waals surface area contributed by atoms with Crippen LogP contribution < -0.4 is 9.47 Å². The molecular formula is C13H13NO3. The number of Topliss-reactive ketones (excluding diaryl/α,β-unsaturated/α-hetero) is 1. The fourth-order valence-electron chi connectivity index (χ4n) is 1.77. The zero-order valence-electron chi connectivity index (χ0n) is 9.82. The Kier molecular flexibility index (Phi) is 2.76. The number of hydrogen-bond acceptors (Lipinski definition) is 4. The van der Waals surface area contributed by atoms with Gasteiger partial charge in [0, 0.05) is 5.56 Å². The molecule has 0 bridgehead atoms. The van der Waals surface area contributed by atoms with E-state index in [1.54, 1.807) is 18.2 Å². The topological polar surface area (TPSA) is 59.3 Å². The summed E-state index contributed by atoms with van der Waals surface area (Å²) in [6.45, 7) is 0. The highest BCUT2D eigenvalue weighted by Gasteiger charge is 2.50. The average molecular weight is 231 g/mol. The smallest absolute Gasteiger partial charge is 0.183 e. The van der Waals surface area contributed by atoms with Crippen molar-refractivity contribution in [2.45, 2.75) is 12.8 Å². The first-order valence-corrected chi connectivity index (χ1v) is 5.35. The number of rotatable bonds is 4. The molecule has 1 aliphatic rings. The number of nitriles is 1. The molecule has 17 heavy (non-hydrogen) atoms. The summed E-state index contributed by atoms with van der Waals surface area (Å²) in [4.78, 5) is 12.1. The lowest BCUT2D eigenvalue weighted by molar-refractivity contribution is 0.0934. The number of methoxy groups -OCH3 is 2. The van der Waals surface area contributed by atoms with Gasteiger partial charge in [-0.25, -0.2) is 0 Å². The van der Waals surface area contributed by atoms with Crippen molar-refractivity contribution >= 4 is 5.78 Å². The van der Waals surface area contributed by atoms with Gasteiger partial charge in [-0.05, 0) is 31.0 Å². The first-order valence-electron chi connectivity index (χ1n) is 5.35. The minimum absolute atomic E-state index is 0.124. The van der Waals surface area contributed by atoms with Crippen LogP contribution in [-0.2, 0) is 0 Å². The van der Waals surface area contributed by atoms with Gasteiger partial charge in [-0.2, -0.15) is 5.26 Å². The van der Waals surface area contributed by atoms with E-state index in [0.717, 1.165) is 0 Å². The molecule has 88 valence electrons. The second-order valence-electron chi connectivity index (χ2n) is 4.09. The normalized spacial score (nSPS) is 15.8. The largest absolute Gasteiger partial charge is 0.493 e. The third kappa shape index (κ3) is 1.84. The summed E-state index contributed by atoms with van der Waals surface area (Å²) in [5.74, 6) is 0.957. The maximum absolute atomic E-state index is 12.1. The van der Waals surface area contributed by atoms with Crippen LogP contribution >= 0.6 is 0 Å². The van der Waals surface area contributed by atoms with Gasteiger partial charge >= 0.3 is 0 Å². The van der Waals surface area contributed by atoms with Gasteiger partial charge in [-0.1, -0.05) is 0 Å². The lowest BCUT2D eigenvalue weighted by atomic mass is 9.96. The zero-order valence-corrected chi connectivity index (χ0v) is 9.82. The number of nitrogens with zero attached hydrogens (tertiary/aromatic N) is 1. The highest BCUT2D eigenvalue weighted by Crippen LogP contribution is 2.48. The Labute approximate surface area is 99.8 Å². The lowest BCUT2D eigenvalue weighted by Crippen LogP contribution is -2.13. The van der Waals surface area contributed by atoms with Crippen LogP contribution in [0, 0.1) is 16.7 Å². The van der Waals surface area contributed by atoms with Gasteiger partial charge in [-0.15, -0.1) is 0 Å². The van der Waals surface area contributed by atoms with Crippen LogP contribution in [0.1, 0.15) is 23.2 Å². The van der Waals surface area contributed by atoms with Crippen molar-refractivity contribution in [1.82, 2.24) is 0 Å². The zero-order chi connectivity index (χ0) is 12.5. The Morgan fingerprint density at radius 3 is 2.41 bits per heavy atom. The van der Waals surface area contributed by atoms with Gasteiger partial charge in [0.1, 0.15) is 5.41 Å². The Morgan fingerprint density at radius 1 is 1.29 bits per heavy atom. The molecule has 4 nitrogen and oxygen atoms in total. The molecule has 0 aliphatic heterocycles. The molecule has 0 unspecified atom stereocenters. The Balaban J connectivity index is 2.35. The summed E-state index contributed by atoms with van der Waals surface area (Å²) >= 11 is 0. The molecule has 0 atom stereocenters. The summed E-state index contributed by atoms with van der Waals surface area (Å²) in [5, 5.41) is 8.99. The minimum Gasteiger partial charge on any atom is -0.493 e. The van der Waals surface area contributed by atoms with Crippen molar-refractivity contribution in [2.75, 3.05) is 14.2 Å². The predicted molar refractivity (Wildman–Crippen MR) is 61.2 cm³/mol. The number of hydrogen-bond donors (Lipinski definition) is 0. The number of carbonyl (C=O) groups is 1. The second kappa shape index (κ2) is 4.10. The molecule has 0 saturated heterocycles. The summed E-state index contributed by atoms with van der Waals surface area (Å²) in [5.41, 5.74) is -0.290. The van der Waals surface area contributed by atoms with E-state index in [4.69, 9.17) is 14.7 Å². The van der Waals surface area contributed by atoms with E-state index in [0.29, 0.717) is 29.9 Å². The van der Waals surface area contributed by atoms with Crippen LogP contribution in [0.25, 0.3) is 0 Å². The summed E-state index contributed by atoms with van der Waals surface area (Å²) in [6, 6.07) is 7.07. The van der Waals surface area contributed by atoms with E-state index >= 15 is 0 Å². The third-order valence-corrected chi connectivity index (χ3v) is 3.04. The molecule has 1 aromatic rings. The van der Waals surface area contributed by atoms with Gasteiger partial charge in [0.05, 0.1) is 20.3 Å². The Bertz CT molecular complexity index is 498. The van der Waals surface area contributed by atoms with E-state index in [2.05, 4.69) is 6.07 Å². The van der Waals surface area contributed by atoms with Crippen molar-refractivity contribution < 1.29 is 14.3 Å². The quantitative estimate of drug-likeness (QED) is 0.745. The molecule has 1 aromatic carbocycles. The van der Waals surface area contributed by atoms with E-state index in [1.807, 2.05) is 0 Å². The second-order valence-corrected chi connectivity index (χ2v) is 4.09. The molecule has 0 aromatic heterocycles. The highest BCUT2D eigenvalue weighted by molar-refractivity contribution is 6.04. The van der Waals surface area contributed by atoms with Gasteiger partial charge in [-0.3, -0.25) is 4.79 Å². The number of ether oxygens (including phenoxy) is 2. The number of carbonyl (C=O) groups excluding carboxylic acids is 1. The van der Waals surface area contributed by atoms with Crippen LogP contribution in [0.5, 0.6) is 11.5 Å². The fraction of sp³-hybridized carbons (Fsp3) is 0.385. The monoisotopic (exact) mass is 231 g/mol. The van der Waals surface area contributed by atoms with Crippen LogP contribution in [0.2, 0.25) is 0 Å². The molecule has 1 aliphatic carbocycles. The molecule has 2 rings (SSSR count). The highest BCUT2D eigenvalue weighted by atomic mass is 16.5. The van der Waals surface area contributed by atoms with E-state index in [1.165, 1.54) is 14.2 Å². The molecule has 0 heterocycles. The summed E-state index contributed by atoms with van der Waals surface area (Å²) < 4.78 is 10.2. The van der Waals surface area contributed by atoms with Gasteiger partial charge in [0.15, 0.2) is 17.3 Å². The van der Waals surface area contributed by atoms with Crippen LogP contribution in [0.4, 0.5) is 0 Å². The van der Waals surface area contributed by atoms with Crippen molar-refractivity contribution in [2.24, 2.45) is 5.41 Å². The first kappa shape index (κ1) is 11.5. The van der Waals surface area contributed by atoms with Crippen molar-refractivity contribution in [3.05, 3.63) is 23.8 Å². The van der Waals surface area contributed by atoms with Gasteiger partial charge in [0.25, 0.3) is 0 Å². The standard InChI is InChI=1S/C13H13NO3/c1-16-10-4-3-9(7-11(10)17-2)12(15)13(8-14)5-6-13/h3-4,7H,5-6H2,1-2H3. The van der Waals surface area contributed by atoms with E-state index in [9.17, 15) is 4.79 Å². The lowest BCUT2D eigenvalue weighted by Gasteiger charge is -2.10. The molecule has 1 fully saturated rings. The molecule has 1 saturated carbocycles. The third-order valence-electron chi connectivity index (χ3n) is 3.04. The van der Waals surface area contributed by atoms with Gasteiger partial charge < -0.3 is 9.47 Å². The molecule has 0 N–H and O–H groups in total.